The van der Waals surface area contributed by atoms with E-state index in [0.29, 0.717) is 0 Å². The van der Waals surface area contributed by atoms with E-state index in [2.05, 4.69) is 17.1 Å². The topological polar surface area (TPSA) is 35.5 Å². The molecule has 1 atom stereocenters. The van der Waals surface area contributed by atoms with Gasteiger partial charge in [-0.15, -0.1) is 0 Å². The summed E-state index contributed by atoms with van der Waals surface area (Å²) in [4.78, 5) is 2.26. The van der Waals surface area contributed by atoms with E-state index < -0.39 is 0 Å². The number of anilines is 1. The van der Waals surface area contributed by atoms with Crippen LogP contribution >= 0.6 is 0 Å². The summed E-state index contributed by atoms with van der Waals surface area (Å²) in [5, 5.41) is 12.8. The molecule has 0 aromatic heterocycles. The van der Waals surface area contributed by atoms with E-state index in [4.69, 9.17) is 0 Å². The predicted molar refractivity (Wildman–Crippen MR) is 80.7 cm³/mol. The van der Waals surface area contributed by atoms with E-state index in [1.165, 1.54) is 11.6 Å². The maximum Gasteiger partial charge on any atom is 0.125 e. The highest BCUT2D eigenvalue weighted by Crippen LogP contribution is 2.29. The number of nitrogens with zero attached hydrogens (tertiary/aromatic N) is 1. The molecule has 2 rings (SSSR count). The molecule has 0 amide bonds. The Bertz CT molecular complexity index is 438. The van der Waals surface area contributed by atoms with Crippen molar-refractivity contribution in [3.63, 3.8) is 0 Å². The number of likely N-dealkylation sites (N-methyl/N-ethyl adjacent to an activating group) is 1. The lowest BCUT2D eigenvalue weighted by molar-refractivity contribution is 0.153. The van der Waals surface area contributed by atoms with Crippen molar-refractivity contribution in [2.75, 3.05) is 31.6 Å². The Kier molecular flexibility index (Phi) is 5.00. The van der Waals surface area contributed by atoms with Gasteiger partial charge in [-0.05, 0) is 50.4 Å². The van der Waals surface area contributed by atoms with Gasteiger partial charge in [-0.1, -0.05) is 13.0 Å². The molecule has 0 saturated carbocycles. The lowest BCUT2D eigenvalue weighted by Crippen LogP contribution is -2.46. The summed E-state index contributed by atoms with van der Waals surface area (Å²) in [5.41, 5.74) is 2.11. The SMILES string of the molecule is CCC(CO)(CCCN1CCc2ccc(F)cc21)NC. The molecule has 2 N–H and O–H groups in total. The fourth-order valence-electron chi connectivity index (χ4n) is 3.01. The van der Waals surface area contributed by atoms with Crippen LogP contribution in [0.5, 0.6) is 0 Å². The number of aliphatic hydroxyl groups excluding tert-OH is 1. The minimum atomic E-state index is -0.176. The molecule has 20 heavy (non-hydrogen) atoms. The molecule has 0 radical (unpaired) electrons. The monoisotopic (exact) mass is 280 g/mol. The van der Waals surface area contributed by atoms with Crippen LogP contribution in [0.4, 0.5) is 10.1 Å². The van der Waals surface area contributed by atoms with Gasteiger partial charge in [0, 0.05) is 24.3 Å². The van der Waals surface area contributed by atoms with Gasteiger partial charge in [0.15, 0.2) is 0 Å². The highest BCUT2D eigenvalue weighted by atomic mass is 19.1. The van der Waals surface area contributed by atoms with Gasteiger partial charge < -0.3 is 15.3 Å². The molecule has 0 fully saturated rings. The van der Waals surface area contributed by atoms with E-state index in [0.717, 1.165) is 44.5 Å². The Balaban J connectivity index is 1.92. The molecule has 1 aromatic carbocycles. The van der Waals surface area contributed by atoms with Crippen molar-refractivity contribution in [2.24, 2.45) is 0 Å². The number of halogens is 1. The minimum absolute atomic E-state index is 0.158. The Hall–Kier alpha value is -1.13. The molecule has 0 spiro atoms. The second kappa shape index (κ2) is 6.55. The van der Waals surface area contributed by atoms with Gasteiger partial charge in [0.2, 0.25) is 0 Å². The predicted octanol–water partition coefficient (Wildman–Crippen LogP) is 2.33. The van der Waals surface area contributed by atoms with Crippen LogP contribution in [-0.4, -0.2) is 37.4 Å². The van der Waals surface area contributed by atoms with E-state index in [-0.39, 0.29) is 18.0 Å². The first kappa shape index (κ1) is 15.3. The van der Waals surface area contributed by atoms with Gasteiger partial charge in [-0.3, -0.25) is 0 Å². The largest absolute Gasteiger partial charge is 0.394 e. The molecule has 1 aromatic rings. The summed E-state index contributed by atoms with van der Waals surface area (Å²) in [6.45, 7) is 4.13. The zero-order chi connectivity index (χ0) is 14.6. The second-order valence-corrected chi connectivity index (χ2v) is 5.66. The molecule has 1 aliphatic rings. The first-order valence-electron chi connectivity index (χ1n) is 7.47. The Morgan fingerprint density at radius 1 is 1.45 bits per heavy atom. The summed E-state index contributed by atoms with van der Waals surface area (Å²) in [7, 11) is 1.90. The fourth-order valence-corrected chi connectivity index (χ4v) is 3.01. The molecular formula is C16H25FN2O. The van der Waals surface area contributed by atoms with Crippen molar-refractivity contribution in [3.8, 4) is 0 Å². The van der Waals surface area contributed by atoms with Crippen molar-refractivity contribution in [1.29, 1.82) is 0 Å². The zero-order valence-electron chi connectivity index (χ0n) is 12.5. The van der Waals surface area contributed by atoms with Gasteiger partial charge in [0.05, 0.1) is 6.61 Å². The van der Waals surface area contributed by atoms with Crippen LogP contribution < -0.4 is 10.2 Å². The average Bonchev–Trinajstić information content (AvgIpc) is 2.87. The molecule has 112 valence electrons. The molecular weight excluding hydrogens is 255 g/mol. The smallest absolute Gasteiger partial charge is 0.125 e. The second-order valence-electron chi connectivity index (χ2n) is 5.66. The molecule has 1 aliphatic heterocycles. The van der Waals surface area contributed by atoms with Crippen molar-refractivity contribution >= 4 is 5.69 Å². The first-order chi connectivity index (χ1) is 9.64. The minimum Gasteiger partial charge on any atom is -0.394 e. The summed E-state index contributed by atoms with van der Waals surface area (Å²) in [6, 6.07) is 5.07. The first-order valence-corrected chi connectivity index (χ1v) is 7.47. The number of nitrogens with one attached hydrogen (secondary N) is 1. The number of fused-ring (bicyclic) bond motifs is 1. The van der Waals surface area contributed by atoms with E-state index in [1.54, 1.807) is 6.07 Å². The van der Waals surface area contributed by atoms with Crippen LogP contribution in [-0.2, 0) is 6.42 Å². The van der Waals surface area contributed by atoms with E-state index in [1.807, 2.05) is 13.1 Å². The number of hydrogen-bond donors (Lipinski definition) is 2. The van der Waals surface area contributed by atoms with Crippen molar-refractivity contribution in [2.45, 2.75) is 38.1 Å². The van der Waals surface area contributed by atoms with Crippen LogP contribution in [0, 0.1) is 5.82 Å². The van der Waals surface area contributed by atoms with Gasteiger partial charge in [-0.2, -0.15) is 0 Å². The highest BCUT2D eigenvalue weighted by molar-refractivity contribution is 5.58. The molecule has 4 heteroatoms. The number of aliphatic hydroxyl groups is 1. The van der Waals surface area contributed by atoms with Gasteiger partial charge in [-0.25, -0.2) is 4.39 Å². The molecule has 0 bridgehead atoms. The maximum atomic E-state index is 13.3. The van der Waals surface area contributed by atoms with Gasteiger partial charge >= 0.3 is 0 Å². The van der Waals surface area contributed by atoms with Crippen molar-refractivity contribution in [1.82, 2.24) is 5.32 Å². The molecule has 3 nitrogen and oxygen atoms in total. The number of rotatable bonds is 7. The lowest BCUT2D eigenvalue weighted by atomic mass is 9.91. The molecule has 1 heterocycles. The van der Waals surface area contributed by atoms with Crippen LogP contribution in [0.1, 0.15) is 31.7 Å². The Morgan fingerprint density at radius 3 is 2.90 bits per heavy atom. The lowest BCUT2D eigenvalue weighted by Gasteiger charge is -2.31. The third kappa shape index (κ3) is 3.13. The quantitative estimate of drug-likeness (QED) is 0.804. The molecule has 0 aliphatic carbocycles. The number of hydrogen-bond acceptors (Lipinski definition) is 3. The maximum absolute atomic E-state index is 13.3. The summed E-state index contributed by atoms with van der Waals surface area (Å²) in [6.07, 6.45) is 3.83. The summed E-state index contributed by atoms with van der Waals surface area (Å²) < 4.78 is 13.3. The average molecular weight is 280 g/mol. The van der Waals surface area contributed by atoms with Crippen LogP contribution in [0.25, 0.3) is 0 Å². The zero-order valence-corrected chi connectivity index (χ0v) is 12.5. The standard InChI is InChI=1S/C16H25FN2O/c1-3-16(12-20,18-2)8-4-9-19-10-7-13-5-6-14(17)11-15(13)19/h5-6,11,18,20H,3-4,7-10,12H2,1-2H3. The highest BCUT2D eigenvalue weighted by Gasteiger charge is 2.25. The third-order valence-electron chi connectivity index (χ3n) is 4.63. The molecule has 0 saturated heterocycles. The van der Waals surface area contributed by atoms with Crippen molar-refractivity contribution in [3.05, 3.63) is 29.6 Å². The Morgan fingerprint density at radius 2 is 2.25 bits per heavy atom. The van der Waals surface area contributed by atoms with Crippen LogP contribution in [0.15, 0.2) is 18.2 Å². The van der Waals surface area contributed by atoms with Crippen LogP contribution in [0.2, 0.25) is 0 Å². The Labute approximate surface area is 120 Å². The normalized spacial score (nSPS) is 17.1. The van der Waals surface area contributed by atoms with Gasteiger partial charge in [0.25, 0.3) is 0 Å². The van der Waals surface area contributed by atoms with Gasteiger partial charge in [0.1, 0.15) is 5.82 Å². The van der Waals surface area contributed by atoms with Crippen molar-refractivity contribution < 1.29 is 9.50 Å². The van der Waals surface area contributed by atoms with Crippen LogP contribution in [0.3, 0.4) is 0 Å². The summed E-state index contributed by atoms with van der Waals surface area (Å²) in [5.74, 6) is -0.163. The number of benzene rings is 1. The third-order valence-corrected chi connectivity index (χ3v) is 4.63. The fraction of sp³-hybridized carbons (Fsp3) is 0.625. The molecule has 1 unspecified atom stereocenters. The van der Waals surface area contributed by atoms with E-state index in [9.17, 15) is 9.50 Å². The summed E-state index contributed by atoms with van der Waals surface area (Å²) >= 11 is 0. The van der Waals surface area contributed by atoms with E-state index >= 15 is 0 Å².